The zero-order valence-corrected chi connectivity index (χ0v) is 17.9. The van der Waals surface area contributed by atoms with Gasteiger partial charge in [-0.3, -0.25) is 9.78 Å². The quantitative estimate of drug-likeness (QED) is 0.403. The summed E-state index contributed by atoms with van der Waals surface area (Å²) in [4.78, 5) is 20.4. The molecule has 0 amide bonds. The number of benzene rings is 1. The van der Waals surface area contributed by atoms with Crippen LogP contribution in [0.1, 0.15) is 18.5 Å². The van der Waals surface area contributed by atoms with E-state index in [9.17, 15) is 13.2 Å². The Morgan fingerprint density at radius 2 is 2.13 bits per heavy atom. The predicted octanol–water partition coefficient (Wildman–Crippen LogP) is 2.22. The number of methoxy groups -OCH3 is 1. The number of fused-ring (bicyclic) bond motifs is 1. The Kier molecular flexibility index (Phi) is 5.91. The minimum Gasteiger partial charge on any atom is -0.468 e. The van der Waals surface area contributed by atoms with E-state index in [-0.39, 0.29) is 17.5 Å². The minimum atomic E-state index is -4.08. The first kappa shape index (κ1) is 20.2. The van der Waals surface area contributed by atoms with Crippen molar-refractivity contribution in [2.45, 2.75) is 18.2 Å². The van der Waals surface area contributed by atoms with Gasteiger partial charge in [-0.2, -0.15) is 4.31 Å². The molecule has 158 valence electrons. The summed E-state index contributed by atoms with van der Waals surface area (Å²) in [7, 11) is -0.969. The first-order chi connectivity index (χ1) is 14.7. The zero-order valence-electron chi connectivity index (χ0n) is 18.1. The zero-order chi connectivity index (χ0) is 22.8. The summed E-state index contributed by atoms with van der Waals surface area (Å²) in [6.07, 6.45) is 3.48. The summed E-state index contributed by atoms with van der Waals surface area (Å²) in [5.74, 6) is 0.165. The van der Waals surface area contributed by atoms with E-state index in [0.717, 1.165) is 32.4 Å². The molecule has 0 aliphatic heterocycles. The Hall–Kier alpha value is -3.04. The van der Waals surface area contributed by atoms with Crippen molar-refractivity contribution >= 4 is 27.0 Å². The number of nitrogens with zero attached hydrogens (tertiary/aromatic N) is 4. The van der Waals surface area contributed by atoms with Crippen LogP contribution in [-0.4, -0.2) is 53.4 Å². The predicted molar refractivity (Wildman–Crippen MR) is 113 cm³/mol. The van der Waals surface area contributed by atoms with Crippen molar-refractivity contribution in [1.82, 2.24) is 18.8 Å². The first-order valence-electron chi connectivity index (χ1n) is 9.73. The molecule has 2 aromatic heterocycles. The van der Waals surface area contributed by atoms with Crippen LogP contribution in [0.25, 0.3) is 11.0 Å². The maximum atomic E-state index is 13.0. The van der Waals surface area contributed by atoms with Gasteiger partial charge in [-0.15, -0.1) is 6.58 Å². The van der Waals surface area contributed by atoms with Crippen LogP contribution in [0.4, 0.5) is 0 Å². The van der Waals surface area contributed by atoms with Gasteiger partial charge in [0.2, 0.25) is 10.0 Å². The number of imidazole rings is 1. The number of pyridine rings is 1. The number of rotatable bonds is 8. The standard InChI is InChI=1S/C21H24N4O4S/c1-5-12-25(14-20(26)29-4)30(27,28)17-8-6-16(7-9-17)13-18-21-19(10-11-22-18)24(3)15(2)23-21/h5-11H,1,12-14H2,2-4H3/i8D. The maximum Gasteiger partial charge on any atom is 0.321 e. The van der Waals surface area contributed by atoms with Crippen LogP contribution in [-0.2, 0) is 33.0 Å². The average molecular weight is 430 g/mol. The van der Waals surface area contributed by atoms with Crippen LogP contribution in [0.5, 0.6) is 0 Å². The van der Waals surface area contributed by atoms with Crippen molar-refractivity contribution in [3.05, 3.63) is 66.2 Å². The molecular formula is C21H24N4O4S. The lowest BCUT2D eigenvalue weighted by Crippen LogP contribution is -2.36. The molecule has 0 spiro atoms. The van der Waals surface area contributed by atoms with Crippen LogP contribution >= 0.6 is 0 Å². The second kappa shape index (κ2) is 8.76. The largest absolute Gasteiger partial charge is 0.468 e. The van der Waals surface area contributed by atoms with Crippen LogP contribution in [0, 0.1) is 6.92 Å². The van der Waals surface area contributed by atoms with E-state index >= 15 is 0 Å². The molecule has 0 bridgehead atoms. The highest BCUT2D eigenvalue weighted by Crippen LogP contribution is 2.21. The minimum absolute atomic E-state index is 0.0798. The van der Waals surface area contributed by atoms with E-state index < -0.39 is 22.5 Å². The van der Waals surface area contributed by atoms with Crippen molar-refractivity contribution in [1.29, 1.82) is 0 Å². The molecule has 3 rings (SSSR count). The molecule has 0 fully saturated rings. The van der Waals surface area contributed by atoms with Gasteiger partial charge in [-0.25, -0.2) is 13.4 Å². The van der Waals surface area contributed by atoms with Crippen LogP contribution in [0.15, 0.2) is 54.1 Å². The third-order valence-electron chi connectivity index (χ3n) is 4.80. The average Bonchev–Trinajstić information content (AvgIpc) is 3.02. The van der Waals surface area contributed by atoms with Crippen molar-refractivity contribution in [3.63, 3.8) is 0 Å². The highest BCUT2D eigenvalue weighted by Gasteiger charge is 2.26. The molecule has 9 heteroatoms. The summed E-state index contributed by atoms with van der Waals surface area (Å²) in [6, 6.07) is 6.24. The number of hydrogen-bond donors (Lipinski definition) is 0. The van der Waals surface area contributed by atoms with Gasteiger partial charge >= 0.3 is 5.97 Å². The van der Waals surface area contributed by atoms with Gasteiger partial charge in [0, 0.05) is 26.2 Å². The number of aromatic nitrogens is 3. The molecule has 0 unspecified atom stereocenters. The lowest BCUT2D eigenvalue weighted by Gasteiger charge is -2.19. The van der Waals surface area contributed by atoms with E-state index in [0.29, 0.717) is 6.42 Å². The number of sulfonamides is 1. The van der Waals surface area contributed by atoms with Gasteiger partial charge < -0.3 is 9.30 Å². The van der Waals surface area contributed by atoms with Gasteiger partial charge in [0.05, 0.1) is 24.6 Å². The number of carbonyl (C=O) groups is 1. The van der Waals surface area contributed by atoms with E-state index in [1.165, 1.54) is 25.3 Å². The number of aryl methyl sites for hydroxylation is 2. The van der Waals surface area contributed by atoms with E-state index in [2.05, 4.69) is 21.3 Å². The fourth-order valence-corrected chi connectivity index (χ4v) is 4.37. The van der Waals surface area contributed by atoms with Crippen molar-refractivity contribution < 1.29 is 19.3 Å². The van der Waals surface area contributed by atoms with Gasteiger partial charge in [0.25, 0.3) is 0 Å². The van der Waals surface area contributed by atoms with Crippen LogP contribution < -0.4 is 0 Å². The normalized spacial score (nSPS) is 12.2. The molecule has 0 atom stereocenters. The fraction of sp³-hybridized carbons (Fsp3) is 0.286. The smallest absolute Gasteiger partial charge is 0.321 e. The van der Waals surface area contributed by atoms with E-state index in [4.69, 9.17) is 1.37 Å². The molecule has 0 N–H and O–H groups in total. The summed E-state index contributed by atoms with van der Waals surface area (Å²) in [6.45, 7) is 4.91. The number of ether oxygens (including phenoxy) is 1. The van der Waals surface area contributed by atoms with Crippen LogP contribution in [0.3, 0.4) is 0 Å². The van der Waals surface area contributed by atoms with Crippen molar-refractivity contribution in [3.8, 4) is 0 Å². The summed E-state index contributed by atoms with van der Waals surface area (Å²) < 4.78 is 41.8. The molecule has 30 heavy (non-hydrogen) atoms. The van der Waals surface area contributed by atoms with Crippen LogP contribution in [0.2, 0.25) is 0 Å². The SMILES string of the molecule is [2H]c1cc(Cc2nccc3c2nc(C)n3C)ccc1S(=O)(=O)N(CC=C)CC(=O)OC. The van der Waals surface area contributed by atoms with Crippen molar-refractivity contribution in [2.75, 3.05) is 20.2 Å². The molecule has 1 aromatic carbocycles. The Labute approximate surface area is 177 Å². The Morgan fingerprint density at radius 3 is 2.80 bits per heavy atom. The Morgan fingerprint density at radius 1 is 1.37 bits per heavy atom. The number of hydrogen-bond acceptors (Lipinski definition) is 6. The monoisotopic (exact) mass is 429 g/mol. The van der Waals surface area contributed by atoms with Gasteiger partial charge in [0.1, 0.15) is 17.9 Å². The molecule has 0 saturated heterocycles. The van der Waals surface area contributed by atoms with Gasteiger partial charge in [-0.1, -0.05) is 18.2 Å². The molecule has 0 aliphatic carbocycles. The number of carbonyl (C=O) groups excluding carboxylic acids is 1. The molecule has 3 aromatic rings. The van der Waals surface area contributed by atoms with Crippen molar-refractivity contribution in [2.24, 2.45) is 7.05 Å². The highest BCUT2D eigenvalue weighted by molar-refractivity contribution is 7.89. The molecule has 0 aliphatic rings. The van der Waals surface area contributed by atoms with Gasteiger partial charge in [-0.05, 0) is 30.7 Å². The number of esters is 1. The fourth-order valence-electron chi connectivity index (χ4n) is 3.06. The molecule has 0 saturated carbocycles. The maximum absolute atomic E-state index is 13.0. The van der Waals surface area contributed by atoms with E-state index in [1.54, 1.807) is 12.3 Å². The first-order valence-corrected chi connectivity index (χ1v) is 10.7. The lowest BCUT2D eigenvalue weighted by molar-refractivity contribution is -0.140. The molecule has 0 radical (unpaired) electrons. The molecular weight excluding hydrogens is 404 g/mol. The lowest BCUT2D eigenvalue weighted by atomic mass is 10.1. The summed E-state index contributed by atoms with van der Waals surface area (Å²) in [5.41, 5.74) is 3.21. The van der Waals surface area contributed by atoms with Gasteiger partial charge in [0.15, 0.2) is 0 Å². The third kappa shape index (κ3) is 4.27. The molecule has 8 nitrogen and oxygen atoms in total. The third-order valence-corrected chi connectivity index (χ3v) is 6.57. The Bertz CT molecular complexity index is 1250. The van der Waals surface area contributed by atoms with E-state index in [1.807, 2.05) is 24.6 Å². The summed E-state index contributed by atoms with van der Waals surface area (Å²) >= 11 is 0. The second-order valence-corrected chi connectivity index (χ2v) is 8.65. The Balaban J connectivity index is 1.93. The highest BCUT2D eigenvalue weighted by atomic mass is 32.2. The second-order valence-electron chi connectivity index (χ2n) is 6.74. The molecule has 2 heterocycles. The topological polar surface area (TPSA) is 94.4 Å². The summed E-state index contributed by atoms with van der Waals surface area (Å²) in [5, 5.41) is 0.